The Labute approximate surface area is 144 Å². The predicted octanol–water partition coefficient (Wildman–Crippen LogP) is 3.50. The van der Waals surface area contributed by atoms with E-state index in [0.29, 0.717) is 11.5 Å². The highest BCUT2D eigenvalue weighted by Gasteiger charge is 2.19. The Morgan fingerprint density at radius 1 is 1.33 bits per heavy atom. The molecule has 24 heavy (non-hydrogen) atoms. The molecule has 0 unspecified atom stereocenters. The summed E-state index contributed by atoms with van der Waals surface area (Å²) >= 11 is 1.56. The van der Waals surface area contributed by atoms with Crippen molar-refractivity contribution in [2.75, 3.05) is 6.54 Å². The molecule has 1 aliphatic rings. The summed E-state index contributed by atoms with van der Waals surface area (Å²) in [6.45, 7) is 2.67. The minimum absolute atomic E-state index is 0.159. The van der Waals surface area contributed by atoms with Gasteiger partial charge in [0.25, 0.3) is 0 Å². The molecule has 0 bridgehead atoms. The summed E-state index contributed by atoms with van der Waals surface area (Å²) in [4.78, 5) is 0.974. The number of benzene rings is 1. The third kappa shape index (κ3) is 3.25. The first-order chi connectivity index (χ1) is 11.8. The molecular weight excluding hydrogens is 323 g/mol. The lowest BCUT2D eigenvalue weighted by Gasteiger charge is -2.23. The molecule has 4 rings (SSSR count). The van der Waals surface area contributed by atoms with Crippen molar-refractivity contribution < 1.29 is 4.39 Å². The molecule has 0 fully saturated rings. The van der Waals surface area contributed by atoms with E-state index in [4.69, 9.17) is 0 Å². The van der Waals surface area contributed by atoms with E-state index in [-0.39, 0.29) is 5.82 Å². The van der Waals surface area contributed by atoms with E-state index < -0.39 is 0 Å². The molecule has 3 aromatic rings. The van der Waals surface area contributed by atoms with Crippen LogP contribution in [0.3, 0.4) is 0 Å². The minimum atomic E-state index is -0.159. The van der Waals surface area contributed by atoms with Gasteiger partial charge in [-0.25, -0.2) is 4.39 Å². The van der Waals surface area contributed by atoms with E-state index in [0.717, 1.165) is 48.7 Å². The molecule has 6 heteroatoms. The quantitative estimate of drug-likeness (QED) is 0.772. The highest BCUT2D eigenvalue weighted by Crippen LogP contribution is 2.28. The smallest absolute Gasteiger partial charge is 0.132 e. The number of rotatable bonds is 5. The molecule has 1 atom stereocenters. The number of halogens is 1. The van der Waals surface area contributed by atoms with Crippen LogP contribution in [0.5, 0.6) is 0 Å². The summed E-state index contributed by atoms with van der Waals surface area (Å²) in [7, 11) is 0. The Bertz CT molecular complexity index is 812. The summed E-state index contributed by atoms with van der Waals surface area (Å²) < 4.78 is 16.2. The van der Waals surface area contributed by atoms with Gasteiger partial charge in [0.15, 0.2) is 0 Å². The lowest BCUT2D eigenvalue weighted by Crippen LogP contribution is -2.29. The van der Waals surface area contributed by atoms with Crippen LogP contribution >= 0.6 is 11.3 Å². The number of aryl methyl sites for hydroxylation is 1. The van der Waals surface area contributed by atoms with Crippen LogP contribution in [0.4, 0.5) is 4.39 Å². The highest BCUT2D eigenvalue weighted by atomic mass is 32.1. The molecule has 0 amide bonds. The molecule has 2 aromatic heterocycles. The number of thiophene rings is 1. The van der Waals surface area contributed by atoms with Crippen molar-refractivity contribution in [3.63, 3.8) is 0 Å². The van der Waals surface area contributed by atoms with Gasteiger partial charge in [-0.15, -0.1) is 21.5 Å². The van der Waals surface area contributed by atoms with Gasteiger partial charge in [-0.1, -0.05) is 12.1 Å². The van der Waals surface area contributed by atoms with Gasteiger partial charge in [-0.3, -0.25) is 0 Å². The molecule has 1 aromatic carbocycles. The van der Waals surface area contributed by atoms with Gasteiger partial charge in [-0.05, 0) is 48.0 Å². The van der Waals surface area contributed by atoms with E-state index >= 15 is 0 Å². The first kappa shape index (κ1) is 15.5. The van der Waals surface area contributed by atoms with Gasteiger partial charge in [-0.2, -0.15) is 0 Å². The van der Waals surface area contributed by atoms with Crippen LogP contribution in [-0.4, -0.2) is 21.3 Å². The summed E-state index contributed by atoms with van der Waals surface area (Å²) in [6, 6.07) is 9.28. The largest absolute Gasteiger partial charge is 0.317 e. The topological polar surface area (TPSA) is 42.7 Å². The van der Waals surface area contributed by atoms with E-state index in [1.54, 1.807) is 17.4 Å². The van der Waals surface area contributed by atoms with Crippen LogP contribution in [0.1, 0.15) is 17.8 Å². The second-order valence-electron chi connectivity index (χ2n) is 6.23. The molecule has 0 saturated heterocycles. The van der Waals surface area contributed by atoms with Crippen molar-refractivity contribution in [1.29, 1.82) is 0 Å². The lowest BCUT2D eigenvalue weighted by atomic mass is 9.99. The number of nitrogens with one attached hydrogen (secondary N) is 1. The zero-order chi connectivity index (χ0) is 16.4. The molecular formula is C18H19FN4S. The van der Waals surface area contributed by atoms with Crippen LogP contribution in [0.15, 0.2) is 42.0 Å². The van der Waals surface area contributed by atoms with Crippen LogP contribution in [-0.2, 0) is 19.5 Å². The molecule has 1 N–H and O–H groups in total. The lowest BCUT2D eigenvalue weighted by molar-refractivity contribution is 0.347. The summed E-state index contributed by atoms with van der Waals surface area (Å²) in [5, 5.41) is 13.6. The van der Waals surface area contributed by atoms with Gasteiger partial charge < -0.3 is 9.88 Å². The van der Waals surface area contributed by atoms with Crippen LogP contribution in [0.25, 0.3) is 10.4 Å². The Hall–Kier alpha value is -2.05. The molecule has 124 valence electrons. The number of hydrogen-bond donors (Lipinski definition) is 1. The minimum Gasteiger partial charge on any atom is -0.317 e. The first-order valence-corrected chi connectivity index (χ1v) is 9.07. The van der Waals surface area contributed by atoms with Crippen molar-refractivity contribution in [3.8, 4) is 10.4 Å². The summed E-state index contributed by atoms with van der Waals surface area (Å²) in [5.41, 5.74) is 1.80. The van der Waals surface area contributed by atoms with Crippen molar-refractivity contribution in [3.05, 3.63) is 59.2 Å². The normalized spacial score (nSPS) is 17.0. The standard InChI is InChI=1S/C18H19FN4S/c19-16-5-3-13(8-15(16)17-2-1-7-24-17)9-20-10-14-4-6-18-22-21-12-23(18)11-14/h1-3,5,7-8,12,14,20H,4,6,9-11H2/t14-/m1/s1. The second kappa shape index (κ2) is 6.83. The molecule has 0 spiro atoms. The second-order valence-corrected chi connectivity index (χ2v) is 7.17. The van der Waals surface area contributed by atoms with E-state index in [2.05, 4.69) is 20.1 Å². The van der Waals surface area contributed by atoms with Gasteiger partial charge >= 0.3 is 0 Å². The molecule has 0 radical (unpaired) electrons. The maximum Gasteiger partial charge on any atom is 0.132 e. The van der Waals surface area contributed by atoms with E-state index in [1.807, 2.05) is 36.0 Å². The fourth-order valence-corrected chi connectivity index (χ4v) is 3.96. The number of hydrogen-bond acceptors (Lipinski definition) is 4. The Morgan fingerprint density at radius 2 is 2.29 bits per heavy atom. The van der Waals surface area contributed by atoms with Gasteiger partial charge in [0, 0.05) is 30.0 Å². The van der Waals surface area contributed by atoms with Crippen LogP contribution in [0.2, 0.25) is 0 Å². The highest BCUT2D eigenvalue weighted by molar-refractivity contribution is 7.13. The number of aromatic nitrogens is 3. The van der Waals surface area contributed by atoms with Crippen molar-refractivity contribution in [2.24, 2.45) is 5.92 Å². The summed E-state index contributed by atoms with van der Waals surface area (Å²) in [6.07, 6.45) is 3.94. The average molecular weight is 342 g/mol. The van der Waals surface area contributed by atoms with Gasteiger partial charge in [0.1, 0.15) is 18.0 Å². The predicted molar refractivity (Wildman–Crippen MR) is 93.3 cm³/mol. The van der Waals surface area contributed by atoms with Crippen molar-refractivity contribution in [1.82, 2.24) is 20.1 Å². The zero-order valence-electron chi connectivity index (χ0n) is 13.3. The van der Waals surface area contributed by atoms with Crippen LogP contribution < -0.4 is 5.32 Å². The third-order valence-electron chi connectivity index (χ3n) is 4.51. The van der Waals surface area contributed by atoms with Crippen molar-refractivity contribution in [2.45, 2.75) is 25.9 Å². The molecule has 0 saturated carbocycles. The maximum atomic E-state index is 14.0. The Morgan fingerprint density at radius 3 is 3.17 bits per heavy atom. The SMILES string of the molecule is Fc1ccc(CNC[C@H]2CCc3nncn3C2)cc1-c1cccs1. The van der Waals surface area contributed by atoms with Crippen LogP contribution in [0, 0.1) is 11.7 Å². The Balaban J connectivity index is 1.36. The van der Waals surface area contributed by atoms with E-state index in [9.17, 15) is 4.39 Å². The number of fused-ring (bicyclic) bond motifs is 1. The number of nitrogens with zero attached hydrogens (tertiary/aromatic N) is 3. The molecule has 3 heterocycles. The van der Waals surface area contributed by atoms with Gasteiger partial charge in [0.2, 0.25) is 0 Å². The fourth-order valence-electron chi connectivity index (χ4n) is 3.22. The fraction of sp³-hybridized carbons (Fsp3) is 0.333. The van der Waals surface area contributed by atoms with Gasteiger partial charge in [0.05, 0.1) is 0 Å². The monoisotopic (exact) mass is 342 g/mol. The third-order valence-corrected chi connectivity index (χ3v) is 5.41. The summed E-state index contributed by atoms with van der Waals surface area (Å²) in [5.74, 6) is 1.52. The average Bonchev–Trinajstić information content (AvgIpc) is 3.27. The van der Waals surface area contributed by atoms with Crippen molar-refractivity contribution >= 4 is 11.3 Å². The first-order valence-electron chi connectivity index (χ1n) is 8.19. The zero-order valence-corrected chi connectivity index (χ0v) is 14.1. The molecule has 4 nitrogen and oxygen atoms in total. The molecule has 0 aliphatic carbocycles. The Kier molecular flexibility index (Phi) is 4.40. The van der Waals surface area contributed by atoms with E-state index in [1.165, 1.54) is 0 Å². The molecule has 1 aliphatic heterocycles. The maximum absolute atomic E-state index is 14.0.